The number of nitrogens with two attached hydrogens (primary N) is 1. The molecule has 0 unspecified atom stereocenters. The van der Waals surface area contributed by atoms with Gasteiger partial charge < -0.3 is 5.73 Å². The van der Waals surface area contributed by atoms with Crippen molar-refractivity contribution in [1.29, 1.82) is 0 Å². The molecule has 112 valence electrons. The summed E-state index contributed by atoms with van der Waals surface area (Å²) < 4.78 is 26.7. The van der Waals surface area contributed by atoms with Crippen molar-refractivity contribution < 1.29 is 8.42 Å². The van der Waals surface area contributed by atoms with E-state index >= 15 is 0 Å². The Labute approximate surface area is 126 Å². The standard InChI is InChI=1S/C14H21ClN2O2S/c1-10-3-5-11(6-4-10)17(2)20(18,19)12-7-8-13(15)14(16)9-12/h7-11H,3-6,16H2,1-2H3. The average Bonchev–Trinajstić information content (AvgIpc) is 2.41. The van der Waals surface area contributed by atoms with Gasteiger partial charge in [-0.2, -0.15) is 4.31 Å². The molecule has 0 aliphatic heterocycles. The van der Waals surface area contributed by atoms with Gasteiger partial charge in [0.1, 0.15) is 0 Å². The highest BCUT2D eigenvalue weighted by Crippen LogP contribution is 2.30. The van der Waals surface area contributed by atoms with Crippen molar-refractivity contribution in [2.24, 2.45) is 5.92 Å². The quantitative estimate of drug-likeness (QED) is 0.871. The second-order valence-corrected chi connectivity index (χ2v) is 8.02. The topological polar surface area (TPSA) is 63.4 Å². The van der Waals surface area contributed by atoms with E-state index in [1.807, 2.05) is 0 Å². The first-order chi connectivity index (χ1) is 9.32. The van der Waals surface area contributed by atoms with Crippen LogP contribution in [0.2, 0.25) is 5.02 Å². The number of rotatable bonds is 3. The third kappa shape index (κ3) is 3.10. The van der Waals surface area contributed by atoms with Crippen molar-refractivity contribution >= 4 is 27.3 Å². The van der Waals surface area contributed by atoms with Gasteiger partial charge in [-0.1, -0.05) is 18.5 Å². The molecule has 0 amide bonds. The molecule has 2 N–H and O–H groups in total. The van der Waals surface area contributed by atoms with Crippen LogP contribution in [0.15, 0.2) is 23.1 Å². The van der Waals surface area contributed by atoms with Gasteiger partial charge >= 0.3 is 0 Å². The summed E-state index contributed by atoms with van der Waals surface area (Å²) in [5.74, 6) is 0.688. The third-order valence-corrected chi connectivity index (χ3v) is 6.39. The molecule has 20 heavy (non-hydrogen) atoms. The zero-order valence-electron chi connectivity index (χ0n) is 11.8. The Hall–Kier alpha value is -0.780. The minimum absolute atomic E-state index is 0.0769. The summed E-state index contributed by atoms with van der Waals surface area (Å²) in [5, 5.41) is 0.373. The molecule has 1 fully saturated rings. The first-order valence-electron chi connectivity index (χ1n) is 6.85. The molecule has 4 nitrogen and oxygen atoms in total. The number of sulfonamides is 1. The van der Waals surface area contributed by atoms with E-state index in [4.69, 9.17) is 17.3 Å². The van der Waals surface area contributed by atoms with Gasteiger partial charge in [0.2, 0.25) is 10.0 Å². The lowest BCUT2D eigenvalue weighted by Crippen LogP contribution is -2.39. The molecule has 0 radical (unpaired) electrons. The van der Waals surface area contributed by atoms with E-state index in [0.717, 1.165) is 25.7 Å². The summed E-state index contributed by atoms with van der Waals surface area (Å²) in [7, 11) is -1.85. The van der Waals surface area contributed by atoms with Crippen LogP contribution in [0.25, 0.3) is 0 Å². The molecule has 0 heterocycles. The number of hydrogen-bond acceptors (Lipinski definition) is 3. The summed E-state index contributed by atoms with van der Waals surface area (Å²) in [4.78, 5) is 0.209. The van der Waals surface area contributed by atoms with Crippen LogP contribution in [-0.4, -0.2) is 25.8 Å². The monoisotopic (exact) mass is 316 g/mol. The number of halogens is 1. The van der Waals surface area contributed by atoms with Crippen LogP contribution in [-0.2, 0) is 10.0 Å². The van der Waals surface area contributed by atoms with E-state index in [1.165, 1.54) is 22.5 Å². The van der Waals surface area contributed by atoms with Gasteiger partial charge in [-0.15, -0.1) is 0 Å². The number of nitrogens with zero attached hydrogens (tertiary/aromatic N) is 1. The summed E-state index contributed by atoms with van der Waals surface area (Å²) in [6.07, 6.45) is 3.99. The van der Waals surface area contributed by atoms with Crippen LogP contribution in [0.3, 0.4) is 0 Å². The van der Waals surface area contributed by atoms with Gasteiger partial charge in [-0.05, 0) is 49.8 Å². The Morgan fingerprint density at radius 3 is 2.40 bits per heavy atom. The van der Waals surface area contributed by atoms with Crippen molar-refractivity contribution in [3.8, 4) is 0 Å². The van der Waals surface area contributed by atoms with Crippen molar-refractivity contribution in [1.82, 2.24) is 4.31 Å². The molecular formula is C14H21ClN2O2S. The largest absolute Gasteiger partial charge is 0.397 e. The number of nitrogen functional groups attached to an aromatic ring is 1. The minimum atomic E-state index is -3.50. The fourth-order valence-corrected chi connectivity index (χ4v) is 4.22. The molecule has 2 rings (SSSR count). The predicted octanol–water partition coefficient (Wildman–Crippen LogP) is 3.12. The third-order valence-electron chi connectivity index (χ3n) is 4.14. The number of anilines is 1. The van der Waals surface area contributed by atoms with Crippen molar-refractivity contribution in [2.75, 3.05) is 12.8 Å². The van der Waals surface area contributed by atoms with E-state index in [1.54, 1.807) is 7.05 Å². The second-order valence-electron chi connectivity index (χ2n) is 5.62. The maximum Gasteiger partial charge on any atom is 0.243 e. The molecule has 0 atom stereocenters. The Balaban J connectivity index is 2.23. The fourth-order valence-electron chi connectivity index (χ4n) is 2.65. The fraction of sp³-hybridized carbons (Fsp3) is 0.571. The average molecular weight is 317 g/mol. The number of hydrogen-bond donors (Lipinski definition) is 1. The zero-order chi connectivity index (χ0) is 14.9. The lowest BCUT2D eigenvalue weighted by molar-refractivity contribution is 0.246. The lowest BCUT2D eigenvalue weighted by atomic mass is 9.87. The maximum atomic E-state index is 12.6. The van der Waals surface area contributed by atoms with Gasteiger partial charge in [0.25, 0.3) is 0 Å². The highest BCUT2D eigenvalue weighted by molar-refractivity contribution is 7.89. The first kappa shape index (κ1) is 15.6. The Morgan fingerprint density at radius 2 is 1.85 bits per heavy atom. The molecular weight excluding hydrogens is 296 g/mol. The Bertz CT molecular complexity index is 581. The second kappa shape index (κ2) is 5.92. The Kier molecular flexibility index (Phi) is 4.62. The van der Waals surface area contributed by atoms with Crippen molar-refractivity contribution in [2.45, 2.75) is 43.5 Å². The van der Waals surface area contributed by atoms with Crippen LogP contribution in [0, 0.1) is 5.92 Å². The SMILES string of the molecule is CC1CCC(N(C)S(=O)(=O)c2ccc(Cl)c(N)c2)CC1. The van der Waals surface area contributed by atoms with Crippen LogP contribution < -0.4 is 5.73 Å². The van der Waals surface area contributed by atoms with Crippen LogP contribution in [0.1, 0.15) is 32.6 Å². The van der Waals surface area contributed by atoms with E-state index in [2.05, 4.69) is 6.92 Å². The van der Waals surface area contributed by atoms with E-state index < -0.39 is 10.0 Å². The molecule has 1 aliphatic carbocycles. The van der Waals surface area contributed by atoms with Crippen molar-refractivity contribution in [3.63, 3.8) is 0 Å². The molecule has 1 aromatic carbocycles. The van der Waals surface area contributed by atoms with Gasteiger partial charge in [0.05, 0.1) is 15.6 Å². The van der Waals surface area contributed by atoms with Gasteiger partial charge in [-0.25, -0.2) is 8.42 Å². The molecule has 0 spiro atoms. The molecule has 1 aromatic rings. The highest BCUT2D eigenvalue weighted by atomic mass is 35.5. The lowest BCUT2D eigenvalue weighted by Gasteiger charge is -2.32. The van der Waals surface area contributed by atoms with E-state index in [0.29, 0.717) is 16.6 Å². The van der Waals surface area contributed by atoms with Crippen LogP contribution in [0.4, 0.5) is 5.69 Å². The minimum Gasteiger partial charge on any atom is -0.397 e. The molecule has 0 bridgehead atoms. The van der Waals surface area contributed by atoms with Gasteiger partial charge in [0.15, 0.2) is 0 Å². The smallest absolute Gasteiger partial charge is 0.243 e. The van der Waals surface area contributed by atoms with E-state index in [9.17, 15) is 8.42 Å². The predicted molar refractivity (Wildman–Crippen MR) is 82.2 cm³/mol. The van der Waals surface area contributed by atoms with Crippen LogP contribution in [0.5, 0.6) is 0 Å². The van der Waals surface area contributed by atoms with Gasteiger partial charge in [-0.3, -0.25) is 0 Å². The highest BCUT2D eigenvalue weighted by Gasteiger charge is 2.30. The molecule has 6 heteroatoms. The maximum absolute atomic E-state index is 12.6. The molecule has 1 saturated carbocycles. The molecule has 0 saturated heterocycles. The number of benzene rings is 1. The van der Waals surface area contributed by atoms with E-state index in [-0.39, 0.29) is 10.9 Å². The van der Waals surface area contributed by atoms with Crippen molar-refractivity contribution in [3.05, 3.63) is 23.2 Å². The first-order valence-corrected chi connectivity index (χ1v) is 8.67. The summed E-state index contributed by atoms with van der Waals surface area (Å²) in [6.45, 7) is 2.21. The summed E-state index contributed by atoms with van der Waals surface area (Å²) in [5.41, 5.74) is 5.99. The Morgan fingerprint density at radius 1 is 1.25 bits per heavy atom. The zero-order valence-corrected chi connectivity index (χ0v) is 13.4. The van der Waals surface area contributed by atoms with Gasteiger partial charge in [0, 0.05) is 13.1 Å². The molecule has 1 aliphatic rings. The van der Waals surface area contributed by atoms with Crippen LogP contribution >= 0.6 is 11.6 Å². The summed E-state index contributed by atoms with van der Waals surface area (Å²) in [6, 6.07) is 4.55. The summed E-state index contributed by atoms with van der Waals surface area (Å²) >= 11 is 5.84. The molecule has 0 aromatic heterocycles. The normalized spacial score (nSPS) is 24.0.